The summed E-state index contributed by atoms with van der Waals surface area (Å²) in [6.45, 7) is 0.262. The van der Waals surface area contributed by atoms with Gasteiger partial charge in [0.25, 0.3) is 0 Å². The first kappa shape index (κ1) is 9.40. The van der Waals surface area contributed by atoms with E-state index in [2.05, 4.69) is 0 Å². The van der Waals surface area contributed by atoms with Gasteiger partial charge in [0.15, 0.2) is 5.78 Å². The van der Waals surface area contributed by atoms with E-state index in [1.165, 1.54) is 0 Å². The number of rotatable bonds is 2. The highest BCUT2D eigenvalue weighted by molar-refractivity contribution is 5.94. The third-order valence-electron chi connectivity index (χ3n) is 2.82. The predicted octanol–water partition coefficient (Wildman–Crippen LogP) is 0.0740. The lowest BCUT2D eigenvalue weighted by atomic mass is 9.92. The van der Waals surface area contributed by atoms with Gasteiger partial charge in [0.05, 0.1) is 6.61 Å². The molecule has 1 heterocycles. The Bertz CT molecular complexity index is 308. The van der Waals surface area contributed by atoms with Crippen molar-refractivity contribution in [3.05, 3.63) is 11.8 Å². The molecule has 1 aliphatic heterocycles. The molecule has 0 aromatic carbocycles. The summed E-state index contributed by atoms with van der Waals surface area (Å²) in [5, 5.41) is 8.79. The summed E-state index contributed by atoms with van der Waals surface area (Å²) in [7, 11) is 0. The Kier molecular flexibility index (Phi) is 2.37. The monoisotopic (exact) mass is 195 g/mol. The Morgan fingerprint density at radius 1 is 1.50 bits per heavy atom. The average Bonchev–Trinajstić information content (AvgIpc) is 2.45. The Morgan fingerprint density at radius 2 is 2.29 bits per heavy atom. The van der Waals surface area contributed by atoms with Crippen LogP contribution in [0.2, 0.25) is 0 Å². The van der Waals surface area contributed by atoms with Gasteiger partial charge in [-0.3, -0.25) is 9.59 Å². The lowest BCUT2D eigenvalue weighted by Gasteiger charge is -2.21. The molecule has 0 radical (unpaired) electrons. The maximum atomic E-state index is 11.5. The van der Waals surface area contributed by atoms with E-state index in [9.17, 15) is 9.59 Å². The van der Waals surface area contributed by atoms with Crippen molar-refractivity contribution in [2.24, 2.45) is 5.92 Å². The van der Waals surface area contributed by atoms with Gasteiger partial charge < -0.3 is 10.0 Å². The standard InChI is InChI=1S/C10H13NO3/c12-4-3-11-9-6-8(13)2-1-7(9)5-10(11)14/h6-7,12H,1-5H2. The molecule has 1 saturated heterocycles. The van der Waals surface area contributed by atoms with Crippen molar-refractivity contribution in [1.29, 1.82) is 0 Å². The number of ketones is 1. The lowest BCUT2D eigenvalue weighted by Crippen LogP contribution is -2.28. The van der Waals surface area contributed by atoms with Crippen molar-refractivity contribution < 1.29 is 14.7 Å². The van der Waals surface area contributed by atoms with Crippen LogP contribution in [0.4, 0.5) is 0 Å². The summed E-state index contributed by atoms with van der Waals surface area (Å²) in [6.07, 6.45) is 3.39. The first-order chi connectivity index (χ1) is 6.72. The fraction of sp³-hybridized carbons (Fsp3) is 0.600. The van der Waals surface area contributed by atoms with Crippen LogP contribution in [0.15, 0.2) is 11.8 Å². The molecule has 4 heteroatoms. The summed E-state index contributed by atoms with van der Waals surface area (Å²) in [5.41, 5.74) is 0.820. The molecule has 0 aromatic heterocycles. The summed E-state index contributed by atoms with van der Waals surface area (Å²) in [4.78, 5) is 24.2. The number of nitrogens with zero attached hydrogens (tertiary/aromatic N) is 1. The number of carbonyl (C=O) groups is 2. The molecule has 1 unspecified atom stereocenters. The van der Waals surface area contributed by atoms with E-state index in [1.54, 1.807) is 11.0 Å². The molecule has 1 amide bonds. The number of hydrogen-bond donors (Lipinski definition) is 1. The highest BCUT2D eigenvalue weighted by Gasteiger charge is 2.36. The van der Waals surface area contributed by atoms with Crippen LogP contribution >= 0.6 is 0 Å². The molecule has 1 N–H and O–H groups in total. The van der Waals surface area contributed by atoms with Crippen LogP contribution in [0.3, 0.4) is 0 Å². The van der Waals surface area contributed by atoms with Crippen LogP contribution in [0, 0.1) is 5.92 Å². The number of aliphatic hydroxyl groups excluding tert-OH is 1. The molecule has 0 saturated carbocycles. The van der Waals surface area contributed by atoms with Crippen LogP contribution in [-0.2, 0) is 9.59 Å². The van der Waals surface area contributed by atoms with Gasteiger partial charge in [-0.25, -0.2) is 0 Å². The maximum absolute atomic E-state index is 11.5. The summed E-state index contributed by atoms with van der Waals surface area (Å²) < 4.78 is 0. The molecule has 14 heavy (non-hydrogen) atoms. The minimum absolute atomic E-state index is 0.0324. The van der Waals surface area contributed by atoms with Gasteiger partial charge in [0.1, 0.15) is 0 Å². The van der Waals surface area contributed by atoms with Gasteiger partial charge in [-0.2, -0.15) is 0 Å². The van der Waals surface area contributed by atoms with Crippen LogP contribution in [0.25, 0.3) is 0 Å². The van der Waals surface area contributed by atoms with Crippen LogP contribution < -0.4 is 0 Å². The van der Waals surface area contributed by atoms with Gasteiger partial charge in [-0.15, -0.1) is 0 Å². The molecule has 1 atom stereocenters. The third kappa shape index (κ3) is 1.46. The predicted molar refractivity (Wildman–Crippen MR) is 49.2 cm³/mol. The number of amides is 1. The lowest BCUT2D eigenvalue weighted by molar-refractivity contribution is -0.127. The van der Waals surface area contributed by atoms with Gasteiger partial charge in [0.2, 0.25) is 5.91 Å². The van der Waals surface area contributed by atoms with Crippen molar-refractivity contribution in [3.63, 3.8) is 0 Å². The number of carbonyl (C=O) groups excluding carboxylic acids is 2. The van der Waals surface area contributed by atoms with Crippen molar-refractivity contribution in [1.82, 2.24) is 4.90 Å². The highest BCUT2D eigenvalue weighted by atomic mass is 16.3. The Labute approximate surface area is 82.2 Å². The Hall–Kier alpha value is -1.16. The van der Waals surface area contributed by atoms with Crippen molar-refractivity contribution >= 4 is 11.7 Å². The highest BCUT2D eigenvalue weighted by Crippen LogP contribution is 2.35. The molecule has 76 valence electrons. The van der Waals surface area contributed by atoms with Gasteiger partial charge >= 0.3 is 0 Å². The largest absolute Gasteiger partial charge is 0.395 e. The van der Waals surface area contributed by atoms with Crippen molar-refractivity contribution in [2.45, 2.75) is 19.3 Å². The Morgan fingerprint density at radius 3 is 3.00 bits per heavy atom. The first-order valence-corrected chi connectivity index (χ1v) is 4.88. The molecule has 2 rings (SSSR count). The fourth-order valence-corrected chi connectivity index (χ4v) is 2.14. The zero-order chi connectivity index (χ0) is 10.1. The number of likely N-dealkylation sites (tertiary alicyclic amines) is 1. The molecule has 4 nitrogen and oxygen atoms in total. The van der Waals surface area contributed by atoms with E-state index in [1.807, 2.05) is 0 Å². The molecule has 1 fully saturated rings. The number of fused-ring (bicyclic) bond motifs is 1. The Balaban J connectivity index is 2.24. The number of β-amino-alcohol motifs (C(OH)–C–C–N with tert-alkyl or cyclic N) is 1. The normalized spacial score (nSPS) is 26.5. The van der Waals surface area contributed by atoms with Gasteiger partial charge in [-0.05, 0) is 6.42 Å². The molecular formula is C10H13NO3. The first-order valence-electron chi connectivity index (χ1n) is 4.88. The fourth-order valence-electron chi connectivity index (χ4n) is 2.14. The SMILES string of the molecule is O=C1C=C2C(CC1)CC(=O)N2CCO. The van der Waals surface area contributed by atoms with E-state index in [4.69, 9.17) is 5.11 Å². The quantitative estimate of drug-likeness (QED) is 0.678. The molecule has 0 aromatic rings. The second-order valence-corrected chi connectivity index (χ2v) is 3.74. The van der Waals surface area contributed by atoms with E-state index >= 15 is 0 Å². The van der Waals surface area contributed by atoms with E-state index in [-0.39, 0.29) is 24.2 Å². The van der Waals surface area contributed by atoms with E-state index in [0.29, 0.717) is 19.4 Å². The number of hydrogen-bond acceptors (Lipinski definition) is 3. The molecule has 0 spiro atoms. The van der Waals surface area contributed by atoms with E-state index in [0.717, 1.165) is 12.1 Å². The molecule has 1 aliphatic carbocycles. The number of aliphatic hydroxyl groups is 1. The topological polar surface area (TPSA) is 57.6 Å². The van der Waals surface area contributed by atoms with Gasteiger partial charge in [0, 0.05) is 37.1 Å². The number of allylic oxidation sites excluding steroid dienone is 2. The van der Waals surface area contributed by atoms with Gasteiger partial charge in [-0.1, -0.05) is 0 Å². The minimum Gasteiger partial charge on any atom is -0.395 e. The van der Waals surface area contributed by atoms with Crippen molar-refractivity contribution in [2.75, 3.05) is 13.2 Å². The second kappa shape index (κ2) is 3.53. The van der Waals surface area contributed by atoms with Crippen LogP contribution in [0.5, 0.6) is 0 Å². The van der Waals surface area contributed by atoms with Crippen LogP contribution in [0.1, 0.15) is 19.3 Å². The van der Waals surface area contributed by atoms with Crippen LogP contribution in [-0.4, -0.2) is 34.8 Å². The summed E-state index contributed by atoms with van der Waals surface area (Å²) >= 11 is 0. The third-order valence-corrected chi connectivity index (χ3v) is 2.82. The smallest absolute Gasteiger partial charge is 0.227 e. The summed E-state index contributed by atoms with van der Waals surface area (Å²) in [6, 6.07) is 0. The second-order valence-electron chi connectivity index (χ2n) is 3.74. The zero-order valence-corrected chi connectivity index (χ0v) is 7.90. The van der Waals surface area contributed by atoms with E-state index < -0.39 is 0 Å². The molecule has 2 aliphatic rings. The summed E-state index contributed by atoms with van der Waals surface area (Å²) in [5.74, 6) is 0.339. The minimum atomic E-state index is -0.0516. The average molecular weight is 195 g/mol. The molecular weight excluding hydrogens is 182 g/mol. The van der Waals surface area contributed by atoms with Crippen molar-refractivity contribution in [3.8, 4) is 0 Å². The maximum Gasteiger partial charge on any atom is 0.227 e. The zero-order valence-electron chi connectivity index (χ0n) is 7.90. The molecule has 0 bridgehead atoms.